The standard InChI is InChI=1S/C28H30O8S2/c1-4-6-8-18-14-24-27(23-13-11-20(37(30,31)32)16-26(23)38(33,34)35)22-12-10-19(29)15-25(22)36-28(24)21(17(18)3)9-7-5-2/h10-16,29H,3-9H2,1-2H3,(H,30,31,32)(H,33,34,35). The van der Waals surface area contributed by atoms with Crippen molar-refractivity contribution in [3.63, 3.8) is 0 Å². The van der Waals surface area contributed by atoms with Crippen LogP contribution in [-0.4, -0.2) is 31.0 Å². The normalized spacial score (nSPS) is 13.1. The zero-order valence-electron chi connectivity index (χ0n) is 21.2. The summed E-state index contributed by atoms with van der Waals surface area (Å²) < 4.78 is 74.5. The van der Waals surface area contributed by atoms with E-state index in [4.69, 9.17) is 4.74 Å². The molecule has 0 radical (unpaired) electrons. The maximum Gasteiger partial charge on any atom is 0.295 e. The fraction of sp³-hybridized carbons (Fsp3) is 0.286. The molecule has 0 aliphatic carbocycles. The molecule has 8 nitrogen and oxygen atoms in total. The van der Waals surface area contributed by atoms with Gasteiger partial charge in [-0.1, -0.05) is 39.3 Å². The van der Waals surface area contributed by atoms with Crippen molar-refractivity contribution >= 4 is 32.4 Å². The highest BCUT2D eigenvalue weighted by Gasteiger charge is 2.29. The molecule has 0 saturated carbocycles. The van der Waals surface area contributed by atoms with E-state index < -0.39 is 30.0 Å². The zero-order chi connectivity index (χ0) is 27.8. The van der Waals surface area contributed by atoms with Crippen molar-refractivity contribution in [2.24, 2.45) is 0 Å². The Morgan fingerprint density at radius 2 is 1.50 bits per heavy atom. The first-order valence-corrected chi connectivity index (χ1v) is 15.2. The minimum Gasteiger partial charge on any atom is -0.508 e. The molecule has 38 heavy (non-hydrogen) atoms. The maximum atomic E-state index is 12.5. The first-order valence-electron chi connectivity index (χ1n) is 12.4. The highest BCUT2D eigenvalue weighted by molar-refractivity contribution is 7.86. The van der Waals surface area contributed by atoms with Crippen molar-refractivity contribution in [3.05, 3.63) is 75.2 Å². The molecule has 3 aromatic carbocycles. The summed E-state index contributed by atoms with van der Waals surface area (Å²) in [6, 6.07) is 9.36. The predicted molar refractivity (Wildman–Crippen MR) is 144 cm³/mol. The lowest BCUT2D eigenvalue weighted by Gasteiger charge is -2.25. The van der Waals surface area contributed by atoms with Crippen LogP contribution in [0.5, 0.6) is 17.2 Å². The van der Waals surface area contributed by atoms with E-state index in [-0.39, 0.29) is 17.1 Å². The van der Waals surface area contributed by atoms with Gasteiger partial charge < -0.3 is 9.84 Å². The molecule has 1 aliphatic heterocycles. The van der Waals surface area contributed by atoms with E-state index in [1.165, 1.54) is 18.2 Å². The molecule has 1 aliphatic rings. The summed E-state index contributed by atoms with van der Waals surface area (Å²) >= 11 is 0. The Balaban J connectivity index is 2.22. The monoisotopic (exact) mass is 558 g/mol. The number of ether oxygens (including phenoxy) is 1. The van der Waals surface area contributed by atoms with Gasteiger partial charge in [0.2, 0.25) is 0 Å². The van der Waals surface area contributed by atoms with Gasteiger partial charge in [0, 0.05) is 33.5 Å². The summed E-state index contributed by atoms with van der Waals surface area (Å²) in [4.78, 5) is -1.36. The van der Waals surface area contributed by atoms with Gasteiger partial charge in [0.25, 0.3) is 20.2 Å². The third-order valence-electron chi connectivity index (χ3n) is 6.68. The van der Waals surface area contributed by atoms with E-state index >= 15 is 0 Å². The summed E-state index contributed by atoms with van der Waals surface area (Å²) in [5.74, 6) is 0.677. The number of hydrogen-bond donors (Lipinski definition) is 3. The van der Waals surface area contributed by atoms with Crippen LogP contribution in [0.15, 0.2) is 52.3 Å². The molecule has 1 heterocycles. The maximum absolute atomic E-state index is 12.5. The molecule has 0 unspecified atom stereocenters. The van der Waals surface area contributed by atoms with Crippen molar-refractivity contribution in [2.75, 3.05) is 0 Å². The molecule has 202 valence electrons. The predicted octanol–water partition coefficient (Wildman–Crippen LogP) is 4.33. The summed E-state index contributed by atoms with van der Waals surface area (Å²) in [6.07, 6.45) is 5.05. The fourth-order valence-electron chi connectivity index (χ4n) is 4.76. The molecule has 0 fully saturated rings. The van der Waals surface area contributed by atoms with E-state index in [0.717, 1.165) is 60.6 Å². The van der Waals surface area contributed by atoms with E-state index in [1.807, 2.05) is 6.07 Å². The van der Waals surface area contributed by atoms with Crippen LogP contribution in [0.4, 0.5) is 0 Å². The number of aromatic hydroxyl groups is 1. The largest absolute Gasteiger partial charge is 0.508 e. The second-order valence-electron chi connectivity index (χ2n) is 9.34. The summed E-state index contributed by atoms with van der Waals surface area (Å²) in [5, 5.41) is 11.6. The number of unbranched alkanes of at least 4 members (excludes halogenated alkanes) is 2. The quantitative estimate of drug-likeness (QED) is 0.258. The number of phenols is 1. The van der Waals surface area contributed by atoms with Crippen molar-refractivity contribution in [1.82, 2.24) is 0 Å². The summed E-state index contributed by atoms with van der Waals surface area (Å²) in [7, 11) is -9.68. The van der Waals surface area contributed by atoms with Crippen LogP contribution in [0.3, 0.4) is 0 Å². The Kier molecular flexibility index (Phi) is 7.72. The number of benzene rings is 3. The molecule has 3 N–H and O–H groups in total. The SMILES string of the molecule is C=c1c(CCCC)cc2c(c1CCCC)Oc1cc(O)ccc1C=2c1ccc(S(=O)(=O)O)cc1S(=O)(=O)O. The molecule has 0 amide bonds. The van der Waals surface area contributed by atoms with Crippen molar-refractivity contribution < 1.29 is 35.8 Å². The zero-order valence-corrected chi connectivity index (χ0v) is 22.8. The Hall–Kier alpha value is -3.18. The lowest BCUT2D eigenvalue weighted by molar-refractivity contribution is 0.445. The van der Waals surface area contributed by atoms with Crippen LogP contribution >= 0.6 is 0 Å². The van der Waals surface area contributed by atoms with Crippen LogP contribution in [0.25, 0.3) is 12.2 Å². The molecule has 0 spiro atoms. The second kappa shape index (κ2) is 10.5. The van der Waals surface area contributed by atoms with E-state index in [0.29, 0.717) is 28.5 Å². The van der Waals surface area contributed by atoms with Crippen molar-refractivity contribution in [3.8, 4) is 17.2 Å². The Bertz CT molecular complexity index is 1740. The topological polar surface area (TPSA) is 138 Å². The molecule has 0 aromatic heterocycles. The molecule has 0 bridgehead atoms. The molecule has 0 saturated heterocycles. The Morgan fingerprint density at radius 1 is 0.842 bits per heavy atom. The lowest BCUT2D eigenvalue weighted by Crippen LogP contribution is -2.27. The number of hydrogen-bond acceptors (Lipinski definition) is 6. The van der Waals surface area contributed by atoms with Crippen molar-refractivity contribution in [2.45, 2.75) is 62.2 Å². The number of phenolic OH excluding ortho intramolecular Hbond substituents is 1. The third kappa shape index (κ3) is 5.35. The minimum absolute atomic E-state index is 0.0242. The highest BCUT2D eigenvalue weighted by Crippen LogP contribution is 2.41. The van der Waals surface area contributed by atoms with Crippen LogP contribution < -0.4 is 15.2 Å². The van der Waals surface area contributed by atoms with Gasteiger partial charge in [0.1, 0.15) is 22.1 Å². The van der Waals surface area contributed by atoms with Gasteiger partial charge in [-0.25, -0.2) is 0 Å². The first kappa shape index (κ1) is 27.8. The number of rotatable bonds is 9. The summed E-state index contributed by atoms with van der Waals surface area (Å²) in [6.45, 7) is 8.48. The Morgan fingerprint density at radius 3 is 2.13 bits per heavy atom. The van der Waals surface area contributed by atoms with Crippen LogP contribution in [0, 0.1) is 0 Å². The van der Waals surface area contributed by atoms with Gasteiger partial charge in [-0.15, -0.1) is 0 Å². The second-order valence-corrected chi connectivity index (χ2v) is 12.2. The minimum atomic E-state index is -4.93. The highest BCUT2D eigenvalue weighted by atomic mass is 32.2. The molecule has 0 atom stereocenters. The van der Waals surface area contributed by atoms with Gasteiger partial charge in [-0.05, 0) is 66.8 Å². The lowest BCUT2D eigenvalue weighted by atomic mass is 9.88. The van der Waals surface area contributed by atoms with Gasteiger partial charge in [-0.2, -0.15) is 16.8 Å². The average molecular weight is 559 g/mol. The van der Waals surface area contributed by atoms with Gasteiger partial charge >= 0.3 is 0 Å². The smallest absolute Gasteiger partial charge is 0.295 e. The van der Waals surface area contributed by atoms with Crippen LogP contribution in [0.1, 0.15) is 61.8 Å². The summed E-state index contributed by atoms with van der Waals surface area (Å²) in [5.41, 5.74) is 2.69. The molecule has 4 rings (SSSR count). The van der Waals surface area contributed by atoms with Crippen LogP contribution in [0.2, 0.25) is 0 Å². The van der Waals surface area contributed by atoms with E-state index in [2.05, 4.69) is 20.4 Å². The number of fused-ring (bicyclic) bond motifs is 2. The third-order valence-corrected chi connectivity index (χ3v) is 8.43. The fourth-order valence-corrected chi connectivity index (χ4v) is 6.07. The molecule has 10 heteroatoms. The molecular formula is C28H30O8S2. The number of aryl methyl sites for hydroxylation is 1. The van der Waals surface area contributed by atoms with Gasteiger partial charge in [0.05, 0.1) is 4.90 Å². The average Bonchev–Trinajstić information content (AvgIpc) is 2.84. The van der Waals surface area contributed by atoms with Gasteiger partial charge in [-0.3, -0.25) is 9.11 Å². The van der Waals surface area contributed by atoms with Gasteiger partial charge in [0.15, 0.2) is 0 Å². The van der Waals surface area contributed by atoms with Crippen LogP contribution in [-0.2, 0) is 33.1 Å². The molecule has 3 aromatic rings. The van der Waals surface area contributed by atoms with E-state index in [1.54, 1.807) is 6.07 Å². The molecular weight excluding hydrogens is 528 g/mol. The Labute approximate surface area is 222 Å². The van der Waals surface area contributed by atoms with E-state index in [9.17, 15) is 31.0 Å². The van der Waals surface area contributed by atoms with Crippen molar-refractivity contribution in [1.29, 1.82) is 0 Å². The first-order chi connectivity index (χ1) is 17.9.